The molecule has 0 spiro atoms. The molecule has 1 N–H and O–H groups in total. The lowest BCUT2D eigenvalue weighted by atomic mass is 10.2. The number of amides is 1. The Bertz CT molecular complexity index is 1040. The molecule has 0 aliphatic carbocycles. The van der Waals surface area contributed by atoms with Crippen molar-refractivity contribution < 1.29 is 4.79 Å². The second-order valence-corrected chi connectivity index (χ2v) is 6.97. The monoisotopic (exact) mass is 396 g/mol. The van der Waals surface area contributed by atoms with Crippen LogP contribution in [0.3, 0.4) is 0 Å². The number of aromatic nitrogens is 5. The minimum Gasteiger partial charge on any atom is -0.326 e. The molecule has 27 heavy (non-hydrogen) atoms. The van der Waals surface area contributed by atoms with Gasteiger partial charge in [0.15, 0.2) is 0 Å². The molecule has 7 nitrogen and oxygen atoms in total. The van der Waals surface area contributed by atoms with E-state index in [4.69, 9.17) is 11.6 Å². The molecule has 2 aromatic heterocycles. The summed E-state index contributed by atoms with van der Waals surface area (Å²) in [7, 11) is 0. The number of nitrogens with zero attached hydrogens (tertiary/aromatic N) is 5. The van der Waals surface area contributed by atoms with Crippen molar-refractivity contribution in [1.82, 2.24) is 25.2 Å². The van der Waals surface area contributed by atoms with Crippen LogP contribution in [0.25, 0.3) is 16.3 Å². The van der Waals surface area contributed by atoms with Crippen LogP contribution in [0.15, 0.2) is 60.2 Å². The third-order valence-electron chi connectivity index (χ3n) is 3.75. The minimum atomic E-state index is -0.127. The Kier molecular flexibility index (Phi) is 4.91. The predicted octanol–water partition coefficient (Wildman–Crippen LogP) is 3.62. The number of thiazole rings is 1. The lowest BCUT2D eigenvalue weighted by Gasteiger charge is -2.05. The molecule has 0 saturated carbocycles. The number of hydrogen-bond acceptors (Lipinski definition) is 6. The maximum absolute atomic E-state index is 12.3. The number of anilines is 1. The quantitative estimate of drug-likeness (QED) is 0.556. The summed E-state index contributed by atoms with van der Waals surface area (Å²) in [6, 6.07) is 14.7. The van der Waals surface area contributed by atoms with E-state index in [0.717, 1.165) is 22.0 Å². The summed E-state index contributed by atoms with van der Waals surface area (Å²) in [6.45, 7) is 0. The van der Waals surface area contributed by atoms with Crippen LogP contribution < -0.4 is 5.32 Å². The zero-order chi connectivity index (χ0) is 18.6. The lowest BCUT2D eigenvalue weighted by Crippen LogP contribution is -2.14. The van der Waals surface area contributed by atoms with E-state index in [1.54, 1.807) is 16.8 Å². The van der Waals surface area contributed by atoms with Gasteiger partial charge in [-0.05, 0) is 46.8 Å². The van der Waals surface area contributed by atoms with E-state index < -0.39 is 0 Å². The number of carbonyl (C=O) groups excluding carboxylic acids is 1. The van der Waals surface area contributed by atoms with Crippen LogP contribution in [0.5, 0.6) is 0 Å². The van der Waals surface area contributed by atoms with Crippen LogP contribution in [0.2, 0.25) is 5.02 Å². The summed E-state index contributed by atoms with van der Waals surface area (Å²) in [4.78, 5) is 16.8. The number of tetrazole rings is 1. The van der Waals surface area contributed by atoms with Crippen LogP contribution in [-0.2, 0) is 11.2 Å². The highest BCUT2D eigenvalue weighted by Gasteiger charge is 2.10. The summed E-state index contributed by atoms with van der Waals surface area (Å²) >= 11 is 7.41. The Hall–Kier alpha value is -3.10. The lowest BCUT2D eigenvalue weighted by molar-refractivity contribution is -0.115. The first-order valence-corrected chi connectivity index (χ1v) is 9.27. The Balaban J connectivity index is 1.39. The fourth-order valence-electron chi connectivity index (χ4n) is 2.46. The SMILES string of the molecule is O=C(Cc1csc(-c2ccc(Cl)cc2)n1)Nc1ccc(-n2cnnn2)cc1. The van der Waals surface area contributed by atoms with E-state index in [9.17, 15) is 4.79 Å². The highest BCUT2D eigenvalue weighted by atomic mass is 35.5. The fourth-order valence-corrected chi connectivity index (χ4v) is 3.41. The molecule has 9 heteroatoms. The average Bonchev–Trinajstić information content (AvgIpc) is 3.35. The number of hydrogen-bond donors (Lipinski definition) is 1. The van der Waals surface area contributed by atoms with Crippen molar-refractivity contribution in [2.24, 2.45) is 0 Å². The first-order valence-electron chi connectivity index (χ1n) is 8.01. The third kappa shape index (κ3) is 4.18. The summed E-state index contributed by atoms with van der Waals surface area (Å²) in [5.41, 5.74) is 3.22. The van der Waals surface area contributed by atoms with Gasteiger partial charge in [-0.15, -0.1) is 16.4 Å². The number of halogens is 1. The van der Waals surface area contributed by atoms with Gasteiger partial charge in [0, 0.05) is 21.7 Å². The van der Waals surface area contributed by atoms with E-state index in [0.29, 0.717) is 10.7 Å². The van der Waals surface area contributed by atoms with Crippen LogP contribution in [0, 0.1) is 0 Å². The van der Waals surface area contributed by atoms with Crippen molar-refractivity contribution in [2.45, 2.75) is 6.42 Å². The van der Waals surface area contributed by atoms with Crippen molar-refractivity contribution in [3.8, 4) is 16.3 Å². The van der Waals surface area contributed by atoms with Crippen molar-refractivity contribution in [2.75, 3.05) is 5.32 Å². The number of rotatable bonds is 5. The summed E-state index contributed by atoms with van der Waals surface area (Å²) < 4.78 is 1.54. The van der Waals surface area contributed by atoms with Crippen molar-refractivity contribution in [3.63, 3.8) is 0 Å². The van der Waals surface area contributed by atoms with E-state index in [1.807, 2.05) is 41.8 Å². The van der Waals surface area contributed by atoms with Gasteiger partial charge >= 0.3 is 0 Å². The molecule has 134 valence electrons. The normalized spacial score (nSPS) is 10.7. The fraction of sp³-hybridized carbons (Fsp3) is 0.0556. The second kappa shape index (κ2) is 7.65. The smallest absolute Gasteiger partial charge is 0.230 e. The molecule has 2 aromatic carbocycles. The molecule has 0 aliphatic heterocycles. The summed E-state index contributed by atoms with van der Waals surface area (Å²) in [6.07, 6.45) is 1.72. The van der Waals surface area contributed by atoms with Gasteiger partial charge in [-0.3, -0.25) is 4.79 Å². The molecule has 0 fully saturated rings. The number of nitrogens with one attached hydrogen (secondary N) is 1. The molecule has 1 amide bonds. The second-order valence-electron chi connectivity index (χ2n) is 5.68. The largest absolute Gasteiger partial charge is 0.326 e. The van der Waals surface area contributed by atoms with Gasteiger partial charge in [0.2, 0.25) is 5.91 Å². The Morgan fingerprint density at radius 3 is 2.59 bits per heavy atom. The van der Waals surface area contributed by atoms with E-state index in [2.05, 4.69) is 25.8 Å². The summed E-state index contributed by atoms with van der Waals surface area (Å²) in [5, 5.41) is 17.3. The maximum atomic E-state index is 12.3. The van der Waals surface area contributed by atoms with Gasteiger partial charge < -0.3 is 5.32 Å². The summed E-state index contributed by atoms with van der Waals surface area (Å²) in [5.74, 6) is -0.127. The molecule has 0 aliphatic rings. The van der Waals surface area contributed by atoms with Crippen LogP contribution >= 0.6 is 22.9 Å². The number of carbonyl (C=O) groups is 1. The van der Waals surface area contributed by atoms with E-state index >= 15 is 0 Å². The molecule has 4 rings (SSSR count). The maximum Gasteiger partial charge on any atom is 0.230 e. The van der Waals surface area contributed by atoms with E-state index in [1.165, 1.54) is 17.7 Å². The topological polar surface area (TPSA) is 85.6 Å². The molecule has 0 unspecified atom stereocenters. The van der Waals surface area contributed by atoms with Crippen LogP contribution in [-0.4, -0.2) is 31.1 Å². The zero-order valence-electron chi connectivity index (χ0n) is 13.9. The van der Waals surface area contributed by atoms with Gasteiger partial charge in [-0.1, -0.05) is 23.7 Å². The molecule has 2 heterocycles. The minimum absolute atomic E-state index is 0.127. The van der Waals surface area contributed by atoms with Gasteiger partial charge in [0.05, 0.1) is 17.8 Å². The predicted molar refractivity (Wildman–Crippen MR) is 104 cm³/mol. The Morgan fingerprint density at radius 1 is 1.11 bits per heavy atom. The highest BCUT2D eigenvalue weighted by Crippen LogP contribution is 2.25. The van der Waals surface area contributed by atoms with Crippen LogP contribution in [0.1, 0.15) is 5.69 Å². The van der Waals surface area contributed by atoms with Gasteiger partial charge in [0.1, 0.15) is 11.3 Å². The van der Waals surface area contributed by atoms with Crippen molar-refractivity contribution in [1.29, 1.82) is 0 Å². The van der Waals surface area contributed by atoms with E-state index in [-0.39, 0.29) is 12.3 Å². The number of benzene rings is 2. The molecule has 0 atom stereocenters. The molecular formula is C18H13ClN6OS. The standard InChI is InChI=1S/C18H13ClN6OS/c19-13-3-1-12(2-4-13)18-22-15(10-27-18)9-17(26)21-14-5-7-16(8-6-14)25-11-20-23-24-25/h1-8,10-11H,9H2,(H,21,26). The van der Waals surface area contributed by atoms with Crippen molar-refractivity contribution in [3.05, 3.63) is 71.0 Å². The van der Waals surface area contributed by atoms with Gasteiger partial charge in [0.25, 0.3) is 0 Å². The van der Waals surface area contributed by atoms with Gasteiger partial charge in [-0.25, -0.2) is 9.67 Å². The molecule has 0 saturated heterocycles. The highest BCUT2D eigenvalue weighted by molar-refractivity contribution is 7.13. The molecular weight excluding hydrogens is 384 g/mol. The molecule has 4 aromatic rings. The molecule has 0 bridgehead atoms. The zero-order valence-corrected chi connectivity index (χ0v) is 15.5. The third-order valence-corrected chi connectivity index (χ3v) is 4.94. The average molecular weight is 397 g/mol. The first-order chi connectivity index (χ1) is 13.2. The van der Waals surface area contributed by atoms with Crippen LogP contribution in [0.4, 0.5) is 5.69 Å². The molecule has 0 radical (unpaired) electrons. The van der Waals surface area contributed by atoms with Gasteiger partial charge in [-0.2, -0.15) is 0 Å². The Morgan fingerprint density at radius 2 is 1.89 bits per heavy atom. The Labute approximate surface area is 163 Å². The first kappa shape index (κ1) is 17.3. The van der Waals surface area contributed by atoms with Crippen molar-refractivity contribution >= 4 is 34.5 Å².